The van der Waals surface area contributed by atoms with E-state index in [1.165, 1.54) is 24.9 Å². The Morgan fingerprint density at radius 3 is 2.64 bits per heavy atom. The minimum Gasteiger partial charge on any atom is -0.339 e. The first kappa shape index (κ1) is 17.0. The minimum atomic E-state index is 0.317. The highest BCUT2D eigenvalue weighted by molar-refractivity contribution is 5.78. The maximum absolute atomic E-state index is 12.6. The molecule has 0 radical (unpaired) electrons. The number of carbonyl (C=O) groups is 1. The van der Waals surface area contributed by atoms with Gasteiger partial charge >= 0.3 is 0 Å². The van der Waals surface area contributed by atoms with Crippen molar-refractivity contribution in [2.45, 2.75) is 25.4 Å². The molecule has 0 aromatic heterocycles. The molecule has 4 aliphatic heterocycles. The van der Waals surface area contributed by atoms with E-state index in [0.717, 1.165) is 45.8 Å². The van der Waals surface area contributed by atoms with Crippen molar-refractivity contribution in [2.75, 3.05) is 52.4 Å². The molecule has 5 nitrogen and oxygen atoms in total. The molecule has 0 saturated carbocycles. The lowest BCUT2D eigenvalue weighted by Crippen LogP contribution is -2.50. The molecule has 1 amide bonds. The number of hydrogen-bond donors (Lipinski definition) is 1. The Morgan fingerprint density at radius 1 is 1.04 bits per heavy atom. The molecular weight excluding hydrogens is 312 g/mol. The zero-order valence-corrected chi connectivity index (χ0v) is 15.1. The van der Waals surface area contributed by atoms with Crippen molar-refractivity contribution in [2.24, 2.45) is 5.92 Å². The van der Waals surface area contributed by atoms with Crippen LogP contribution in [-0.4, -0.2) is 79.0 Å². The van der Waals surface area contributed by atoms with Gasteiger partial charge in [-0.15, -0.1) is 0 Å². The number of benzene rings is 1. The summed E-state index contributed by atoms with van der Waals surface area (Å²) < 4.78 is 0. The summed E-state index contributed by atoms with van der Waals surface area (Å²) in [5.41, 5.74) is 1.40. The van der Waals surface area contributed by atoms with E-state index in [-0.39, 0.29) is 0 Å². The lowest BCUT2D eigenvalue weighted by molar-refractivity contribution is -0.133. The standard InChI is InChI=1S/C20H30N4O/c25-20(23-10-8-21-9-11-23)16-22-12-18-6-7-19(15-22)24(14-18)13-17-4-2-1-3-5-17/h1-5,18-19,21H,6-16H2/t18-,19+/m1/s1. The van der Waals surface area contributed by atoms with Gasteiger partial charge in [0.05, 0.1) is 6.54 Å². The smallest absolute Gasteiger partial charge is 0.236 e. The molecule has 2 atom stereocenters. The molecule has 4 heterocycles. The zero-order valence-electron chi connectivity index (χ0n) is 15.1. The highest BCUT2D eigenvalue weighted by Gasteiger charge is 2.35. The molecule has 0 aliphatic carbocycles. The first-order chi connectivity index (χ1) is 12.3. The minimum absolute atomic E-state index is 0.317. The highest BCUT2D eigenvalue weighted by atomic mass is 16.2. The molecule has 1 aromatic rings. The third-order valence-corrected chi connectivity index (χ3v) is 5.96. The quantitative estimate of drug-likeness (QED) is 0.887. The summed E-state index contributed by atoms with van der Waals surface area (Å²) in [6.45, 7) is 8.54. The summed E-state index contributed by atoms with van der Waals surface area (Å²) in [6, 6.07) is 11.4. The van der Waals surface area contributed by atoms with Crippen molar-refractivity contribution in [3.63, 3.8) is 0 Å². The van der Waals surface area contributed by atoms with Gasteiger partial charge in [-0.05, 0) is 24.3 Å². The van der Waals surface area contributed by atoms with Crippen LogP contribution in [0, 0.1) is 5.92 Å². The summed E-state index contributed by atoms with van der Waals surface area (Å²) >= 11 is 0. The molecule has 25 heavy (non-hydrogen) atoms. The van der Waals surface area contributed by atoms with Crippen molar-refractivity contribution in [1.82, 2.24) is 20.0 Å². The van der Waals surface area contributed by atoms with Gasteiger partial charge in [-0.1, -0.05) is 30.3 Å². The number of rotatable bonds is 4. The fourth-order valence-corrected chi connectivity index (χ4v) is 4.62. The largest absolute Gasteiger partial charge is 0.339 e. The average molecular weight is 342 g/mol. The molecule has 0 spiro atoms. The molecule has 1 N–H and O–H groups in total. The van der Waals surface area contributed by atoms with E-state index in [1.54, 1.807) is 0 Å². The monoisotopic (exact) mass is 342 g/mol. The molecular formula is C20H30N4O. The van der Waals surface area contributed by atoms with Gasteiger partial charge in [-0.3, -0.25) is 14.6 Å². The van der Waals surface area contributed by atoms with Crippen LogP contribution in [0.3, 0.4) is 0 Å². The van der Waals surface area contributed by atoms with Crippen LogP contribution in [-0.2, 0) is 11.3 Å². The predicted octanol–water partition coefficient (Wildman–Crippen LogP) is 1.01. The molecule has 136 valence electrons. The molecule has 4 saturated heterocycles. The normalized spacial score (nSPS) is 28.1. The molecule has 0 unspecified atom stereocenters. The van der Waals surface area contributed by atoms with Crippen LogP contribution in [0.2, 0.25) is 0 Å². The van der Waals surface area contributed by atoms with E-state index in [2.05, 4.69) is 45.4 Å². The molecule has 4 fully saturated rings. The lowest BCUT2D eigenvalue weighted by Gasteiger charge is -2.36. The van der Waals surface area contributed by atoms with Crippen LogP contribution in [0.4, 0.5) is 0 Å². The van der Waals surface area contributed by atoms with Gasteiger partial charge in [0.2, 0.25) is 5.91 Å². The van der Waals surface area contributed by atoms with Crippen molar-refractivity contribution in [1.29, 1.82) is 0 Å². The van der Waals surface area contributed by atoms with Crippen LogP contribution in [0.5, 0.6) is 0 Å². The third kappa shape index (κ3) is 4.22. The second-order valence-corrected chi connectivity index (χ2v) is 7.84. The fourth-order valence-electron chi connectivity index (χ4n) is 4.62. The second kappa shape index (κ2) is 7.85. The van der Waals surface area contributed by atoms with Crippen molar-refractivity contribution >= 4 is 5.91 Å². The number of carbonyl (C=O) groups excluding carboxylic acids is 1. The van der Waals surface area contributed by atoms with E-state index in [0.29, 0.717) is 24.4 Å². The third-order valence-electron chi connectivity index (χ3n) is 5.96. The Labute approximate surface area is 151 Å². The topological polar surface area (TPSA) is 38.8 Å². The average Bonchev–Trinajstić information content (AvgIpc) is 2.94. The summed E-state index contributed by atoms with van der Waals surface area (Å²) in [5, 5.41) is 3.32. The molecule has 5 heteroatoms. The zero-order chi connectivity index (χ0) is 17.1. The number of nitrogens with zero attached hydrogens (tertiary/aromatic N) is 3. The summed E-state index contributed by atoms with van der Waals surface area (Å²) in [6.07, 6.45) is 2.59. The number of piperidine rings is 1. The Balaban J connectivity index is 1.36. The maximum atomic E-state index is 12.6. The first-order valence-corrected chi connectivity index (χ1v) is 9.77. The van der Waals surface area contributed by atoms with Crippen molar-refractivity contribution in [3.05, 3.63) is 35.9 Å². The predicted molar refractivity (Wildman–Crippen MR) is 99.3 cm³/mol. The van der Waals surface area contributed by atoms with Gasteiger partial charge in [-0.25, -0.2) is 0 Å². The fraction of sp³-hybridized carbons (Fsp3) is 0.650. The van der Waals surface area contributed by atoms with Gasteiger partial charge < -0.3 is 10.2 Å². The molecule has 1 aromatic carbocycles. The first-order valence-electron chi connectivity index (χ1n) is 9.77. The summed E-state index contributed by atoms with van der Waals surface area (Å²) in [4.78, 5) is 19.7. The van der Waals surface area contributed by atoms with E-state index in [4.69, 9.17) is 0 Å². The number of piperazine rings is 1. The van der Waals surface area contributed by atoms with Crippen LogP contribution >= 0.6 is 0 Å². The molecule has 2 bridgehead atoms. The molecule has 5 rings (SSSR count). The highest BCUT2D eigenvalue weighted by Crippen LogP contribution is 2.29. The van der Waals surface area contributed by atoms with Crippen molar-refractivity contribution in [3.8, 4) is 0 Å². The summed E-state index contributed by atoms with van der Waals surface area (Å²) in [5.74, 6) is 1.02. The Morgan fingerprint density at radius 2 is 1.84 bits per heavy atom. The van der Waals surface area contributed by atoms with Gasteiger partial charge in [0.25, 0.3) is 0 Å². The van der Waals surface area contributed by atoms with E-state index in [9.17, 15) is 4.79 Å². The molecule has 4 aliphatic rings. The van der Waals surface area contributed by atoms with E-state index >= 15 is 0 Å². The number of amides is 1. The Hall–Kier alpha value is -1.43. The second-order valence-electron chi connectivity index (χ2n) is 7.84. The lowest BCUT2D eigenvalue weighted by atomic mass is 9.94. The van der Waals surface area contributed by atoms with Crippen molar-refractivity contribution < 1.29 is 4.79 Å². The summed E-state index contributed by atoms with van der Waals surface area (Å²) in [7, 11) is 0. The Kier molecular flexibility index (Phi) is 5.34. The van der Waals surface area contributed by atoms with Crippen LogP contribution in [0.15, 0.2) is 30.3 Å². The SMILES string of the molecule is O=C(CN1C[C@H]2CC[C@@H](C1)N(Cc1ccccc1)C2)N1CCNCC1. The number of hydrogen-bond acceptors (Lipinski definition) is 4. The van der Waals surface area contributed by atoms with Gasteiger partial charge in [-0.2, -0.15) is 0 Å². The van der Waals surface area contributed by atoms with Crippen LogP contribution < -0.4 is 5.32 Å². The van der Waals surface area contributed by atoms with Gasteiger partial charge in [0.1, 0.15) is 0 Å². The van der Waals surface area contributed by atoms with Crippen LogP contribution in [0.25, 0.3) is 0 Å². The van der Waals surface area contributed by atoms with Gasteiger partial charge in [0.15, 0.2) is 0 Å². The number of nitrogens with one attached hydrogen (secondary N) is 1. The van der Waals surface area contributed by atoms with E-state index in [1.807, 2.05) is 4.90 Å². The van der Waals surface area contributed by atoms with Gasteiger partial charge in [0, 0.05) is 58.4 Å². The van der Waals surface area contributed by atoms with E-state index < -0.39 is 0 Å². The maximum Gasteiger partial charge on any atom is 0.236 e. The Bertz CT molecular complexity index is 572. The van der Waals surface area contributed by atoms with Crippen LogP contribution in [0.1, 0.15) is 18.4 Å². The number of fused-ring (bicyclic) bond motifs is 4.